The standard InChI is InChI=1S/C12H16N2O2S/c1-10-6-7-11(5-4-8-13)9-12(10)17(15,16)14(2)3/h6-7,9H,8,13H2,1-3H3. The lowest BCUT2D eigenvalue weighted by Gasteiger charge is -2.13. The lowest BCUT2D eigenvalue weighted by Crippen LogP contribution is -2.23. The van der Waals surface area contributed by atoms with Gasteiger partial charge in [0, 0.05) is 19.7 Å². The van der Waals surface area contributed by atoms with E-state index in [2.05, 4.69) is 11.8 Å². The van der Waals surface area contributed by atoms with Crippen LogP contribution < -0.4 is 5.73 Å². The zero-order valence-corrected chi connectivity index (χ0v) is 11.0. The van der Waals surface area contributed by atoms with Crippen LogP contribution in [0.2, 0.25) is 0 Å². The van der Waals surface area contributed by atoms with Crippen LogP contribution in [0.1, 0.15) is 11.1 Å². The van der Waals surface area contributed by atoms with Gasteiger partial charge >= 0.3 is 0 Å². The highest BCUT2D eigenvalue weighted by molar-refractivity contribution is 7.89. The Bertz CT molecular complexity index is 566. The van der Waals surface area contributed by atoms with Crippen molar-refractivity contribution < 1.29 is 8.42 Å². The van der Waals surface area contributed by atoms with Crippen LogP contribution in [-0.2, 0) is 10.0 Å². The highest BCUT2D eigenvalue weighted by Gasteiger charge is 2.19. The summed E-state index contributed by atoms with van der Waals surface area (Å²) in [6.07, 6.45) is 0. The van der Waals surface area contributed by atoms with Gasteiger partial charge in [0.2, 0.25) is 10.0 Å². The summed E-state index contributed by atoms with van der Waals surface area (Å²) >= 11 is 0. The average molecular weight is 252 g/mol. The second-order valence-electron chi connectivity index (χ2n) is 3.77. The first-order valence-electron chi connectivity index (χ1n) is 5.11. The first-order chi connectivity index (χ1) is 7.89. The van der Waals surface area contributed by atoms with Gasteiger partial charge in [-0.15, -0.1) is 0 Å². The maximum atomic E-state index is 12.0. The number of nitrogens with two attached hydrogens (primary N) is 1. The summed E-state index contributed by atoms with van der Waals surface area (Å²) in [5.41, 5.74) is 6.64. The molecule has 0 aliphatic rings. The zero-order chi connectivity index (χ0) is 13.1. The third-order valence-electron chi connectivity index (χ3n) is 2.28. The van der Waals surface area contributed by atoms with E-state index in [0.29, 0.717) is 11.1 Å². The Morgan fingerprint density at radius 2 is 2.00 bits per heavy atom. The van der Waals surface area contributed by atoms with Crippen molar-refractivity contribution in [3.63, 3.8) is 0 Å². The number of nitrogens with zero attached hydrogens (tertiary/aromatic N) is 1. The van der Waals surface area contributed by atoms with Crippen LogP contribution in [0, 0.1) is 18.8 Å². The third kappa shape index (κ3) is 3.07. The Hall–Kier alpha value is -1.35. The van der Waals surface area contributed by atoms with Crippen LogP contribution >= 0.6 is 0 Å². The van der Waals surface area contributed by atoms with Crippen LogP contribution in [0.25, 0.3) is 0 Å². The fourth-order valence-corrected chi connectivity index (χ4v) is 2.45. The van der Waals surface area contributed by atoms with E-state index in [9.17, 15) is 8.42 Å². The quantitative estimate of drug-likeness (QED) is 0.782. The van der Waals surface area contributed by atoms with Gasteiger partial charge in [0.15, 0.2) is 0 Å². The first kappa shape index (κ1) is 13.7. The molecule has 4 nitrogen and oxygen atoms in total. The number of aryl methyl sites for hydroxylation is 1. The van der Waals surface area contributed by atoms with E-state index in [0.717, 1.165) is 0 Å². The molecule has 0 amide bonds. The Balaban J connectivity index is 3.34. The van der Waals surface area contributed by atoms with Crippen LogP contribution in [0.3, 0.4) is 0 Å². The monoisotopic (exact) mass is 252 g/mol. The number of rotatable bonds is 2. The van der Waals surface area contributed by atoms with Crippen molar-refractivity contribution in [2.24, 2.45) is 5.73 Å². The molecule has 0 aliphatic heterocycles. The van der Waals surface area contributed by atoms with E-state index >= 15 is 0 Å². The number of sulfonamides is 1. The second-order valence-corrected chi connectivity index (χ2v) is 5.89. The molecule has 17 heavy (non-hydrogen) atoms. The topological polar surface area (TPSA) is 63.4 Å². The van der Waals surface area contributed by atoms with Gasteiger partial charge in [-0.1, -0.05) is 17.9 Å². The van der Waals surface area contributed by atoms with E-state index in [4.69, 9.17) is 5.73 Å². The molecule has 0 bridgehead atoms. The molecule has 0 unspecified atom stereocenters. The van der Waals surface area contributed by atoms with Gasteiger partial charge < -0.3 is 5.73 Å². The fraction of sp³-hybridized carbons (Fsp3) is 0.333. The average Bonchev–Trinajstić information content (AvgIpc) is 2.27. The molecule has 0 fully saturated rings. The molecule has 2 N–H and O–H groups in total. The molecule has 0 aliphatic carbocycles. The summed E-state index contributed by atoms with van der Waals surface area (Å²) in [7, 11) is -0.407. The molecule has 1 aromatic rings. The molecule has 0 saturated carbocycles. The highest BCUT2D eigenvalue weighted by Crippen LogP contribution is 2.19. The van der Waals surface area contributed by atoms with Gasteiger partial charge in [0.1, 0.15) is 0 Å². The number of hydrogen-bond acceptors (Lipinski definition) is 3. The van der Waals surface area contributed by atoms with Crippen LogP contribution in [0.4, 0.5) is 0 Å². The molecule has 0 radical (unpaired) electrons. The summed E-state index contributed by atoms with van der Waals surface area (Å²) in [5, 5.41) is 0. The van der Waals surface area contributed by atoms with E-state index in [1.807, 2.05) is 0 Å². The molecule has 1 rings (SSSR count). The van der Waals surface area contributed by atoms with Crippen LogP contribution in [-0.4, -0.2) is 33.4 Å². The zero-order valence-electron chi connectivity index (χ0n) is 10.2. The summed E-state index contributed by atoms with van der Waals surface area (Å²) < 4.78 is 25.3. The Morgan fingerprint density at radius 1 is 1.35 bits per heavy atom. The largest absolute Gasteiger partial charge is 0.320 e. The Labute approximate surface area is 102 Å². The van der Waals surface area contributed by atoms with Crippen molar-refractivity contribution in [2.75, 3.05) is 20.6 Å². The normalized spacial score (nSPS) is 11.1. The minimum atomic E-state index is -3.42. The van der Waals surface area contributed by atoms with Crippen molar-refractivity contribution in [1.82, 2.24) is 4.31 Å². The van der Waals surface area contributed by atoms with Crippen molar-refractivity contribution >= 4 is 10.0 Å². The predicted molar refractivity (Wildman–Crippen MR) is 68.0 cm³/mol. The number of benzene rings is 1. The molecule has 92 valence electrons. The van der Waals surface area contributed by atoms with Crippen LogP contribution in [0.15, 0.2) is 23.1 Å². The predicted octanol–water partition coefficient (Wildman–Crippen LogP) is 0.556. The molecule has 5 heteroatoms. The maximum absolute atomic E-state index is 12.0. The summed E-state index contributed by atoms with van der Waals surface area (Å²) in [4.78, 5) is 0.284. The molecule has 0 aromatic heterocycles. The SMILES string of the molecule is Cc1ccc(C#CCN)cc1S(=O)(=O)N(C)C. The van der Waals surface area contributed by atoms with Gasteiger partial charge in [0.25, 0.3) is 0 Å². The Kier molecular flexibility index (Phi) is 4.29. The summed E-state index contributed by atoms with van der Waals surface area (Å²) in [6, 6.07) is 5.11. The van der Waals surface area contributed by atoms with Gasteiger partial charge in [-0.3, -0.25) is 0 Å². The Morgan fingerprint density at radius 3 is 2.53 bits per heavy atom. The molecule has 0 heterocycles. The van der Waals surface area contributed by atoms with E-state index in [1.165, 1.54) is 18.4 Å². The summed E-state index contributed by atoms with van der Waals surface area (Å²) in [5.74, 6) is 5.53. The third-order valence-corrected chi connectivity index (χ3v) is 4.24. The highest BCUT2D eigenvalue weighted by atomic mass is 32.2. The summed E-state index contributed by atoms with van der Waals surface area (Å²) in [6.45, 7) is 2.01. The molecule has 0 saturated heterocycles. The van der Waals surface area contributed by atoms with Crippen molar-refractivity contribution in [1.29, 1.82) is 0 Å². The molecular formula is C12H16N2O2S. The maximum Gasteiger partial charge on any atom is 0.242 e. The van der Waals surface area contributed by atoms with Gasteiger partial charge in [-0.2, -0.15) is 0 Å². The van der Waals surface area contributed by atoms with Crippen molar-refractivity contribution in [2.45, 2.75) is 11.8 Å². The lowest BCUT2D eigenvalue weighted by molar-refractivity contribution is 0.520. The van der Waals surface area contributed by atoms with E-state index in [-0.39, 0.29) is 11.4 Å². The smallest absolute Gasteiger partial charge is 0.242 e. The molecule has 1 aromatic carbocycles. The van der Waals surface area contributed by atoms with Crippen molar-refractivity contribution in [3.8, 4) is 11.8 Å². The van der Waals surface area contributed by atoms with Gasteiger partial charge in [0.05, 0.1) is 11.4 Å². The lowest BCUT2D eigenvalue weighted by atomic mass is 10.1. The number of hydrogen-bond donors (Lipinski definition) is 1. The van der Waals surface area contributed by atoms with E-state index < -0.39 is 10.0 Å². The fourth-order valence-electron chi connectivity index (χ4n) is 1.31. The molecule has 0 atom stereocenters. The second kappa shape index (κ2) is 5.32. The molecule has 0 spiro atoms. The molecular weight excluding hydrogens is 236 g/mol. The first-order valence-corrected chi connectivity index (χ1v) is 6.55. The minimum Gasteiger partial charge on any atom is -0.320 e. The van der Waals surface area contributed by atoms with Gasteiger partial charge in [-0.05, 0) is 24.6 Å². The van der Waals surface area contributed by atoms with Gasteiger partial charge in [-0.25, -0.2) is 12.7 Å². The van der Waals surface area contributed by atoms with E-state index in [1.54, 1.807) is 25.1 Å². The van der Waals surface area contributed by atoms with Crippen molar-refractivity contribution in [3.05, 3.63) is 29.3 Å². The van der Waals surface area contributed by atoms with Crippen LogP contribution in [0.5, 0.6) is 0 Å². The minimum absolute atomic E-state index is 0.254.